The van der Waals surface area contributed by atoms with Crippen LogP contribution in [0.5, 0.6) is 0 Å². The number of amides is 2. The molecule has 0 fully saturated rings. The van der Waals surface area contributed by atoms with Gasteiger partial charge in [-0.3, -0.25) is 9.59 Å². The molecule has 0 aromatic heterocycles. The Hall–Kier alpha value is -3.23. The van der Waals surface area contributed by atoms with Crippen molar-refractivity contribution < 1.29 is 31.5 Å². The van der Waals surface area contributed by atoms with E-state index in [1.54, 1.807) is 0 Å². The highest BCUT2D eigenvalue weighted by atomic mass is 19.2. The molecule has 9 heteroatoms. The van der Waals surface area contributed by atoms with Gasteiger partial charge in [0.15, 0.2) is 17.5 Å². The van der Waals surface area contributed by atoms with Gasteiger partial charge in [-0.15, -0.1) is 0 Å². The van der Waals surface area contributed by atoms with E-state index < -0.39 is 46.6 Å². The van der Waals surface area contributed by atoms with Gasteiger partial charge in [-0.25, -0.2) is 26.9 Å². The Morgan fingerprint density at radius 3 is 1.92 bits per heavy atom. The highest BCUT2D eigenvalue weighted by molar-refractivity contribution is 6.31. The van der Waals surface area contributed by atoms with E-state index in [0.717, 1.165) is 18.2 Å². The Morgan fingerprint density at radius 2 is 1.38 bits per heavy atom. The quantitative estimate of drug-likeness (QED) is 0.512. The predicted molar refractivity (Wildman–Crippen MR) is 81.6 cm³/mol. The van der Waals surface area contributed by atoms with Crippen LogP contribution in [0, 0.1) is 36.0 Å². The van der Waals surface area contributed by atoms with Crippen molar-refractivity contribution >= 4 is 23.2 Å². The van der Waals surface area contributed by atoms with E-state index in [1.807, 2.05) is 0 Å². The third kappa shape index (κ3) is 2.92. The van der Waals surface area contributed by atoms with E-state index >= 15 is 0 Å². The molecule has 0 saturated heterocycles. The van der Waals surface area contributed by atoms with Gasteiger partial charge in [0.1, 0.15) is 17.3 Å². The third-order valence-electron chi connectivity index (χ3n) is 3.71. The van der Waals surface area contributed by atoms with E-state index in [4.69, 9.17) is 0 Å². The molecule has 1 aliphatic rings. The number of carbonyl (C=O) groups is 2. The number of nitrogens with one attached hydrogen (secondary N) is 1. The van der Waals surface area contributed by atoms with Crippen LogP contribution in [0.25, 0.3) is 0 Å². The number of hydrogen-bond acceptors (Lipinski definition) is 3. The molecule has 0 saturated carbocycles. The third-order valence-corrected chi connectivity index (χ3v) is 3.71. The van der Waals surface area contributed by atoms with Crippen molar-refractivity contribution in [2.75, 3.05) is 10.2 Å². The molecular formula is C17H9F5N2O2. The maximum atomic E-state index is 13.6. The first-order valence-corrected chi connectivity index (χ1v) is 7.16. The van der Waals surface area contributed by atoms with Crippen molar-refractivity contribution in [3.05, 3.63) is 70.7 Å². The molecule has 1 N–H and O–H groups in total. The Morgan fingerprint density at radius 1 is 0.846 bits per heavy atom. The van der Waals surface area contributed by atoms with Crippen molar-refractivity contribution in [3.63, 3.8) is 0 Å². The Kier molecular flexibility index (Phi) is 4.23. The second-order valence-electron chi connectivity index (χ2n) is 5.45. The van der Waals surface area contributed by atoms with Crippen LogP contribution < -0.4 is 10.2 Å². The molecule has 0 aliphatic carbocycles. The van der Waals surface area contributed by atoms with E-state index in [-0.39, 0.29) is 16.9 Å². The Labute approximate surface area is 143 Å². The Bertz CT molecular complexity index is 941. The van der Waals surface area contributed by atoms with Crippen molar-refractivity contribution in [2.45, 2.75) is 6.92 Å². The van der Waals surface area contributed by atoms with Gasteiger partial charge in [0.2, 0.25) is 0 Å². The van der Waals surface area contributed by atoms with Gasteiger partial charge in [-0.1, -0.05) is 0 Å². The number of anilines is 2. The van der Waals surface area contributed by atoms with Gasteiger partial charge in [0, 0.05) is 29.5 Å². The molecule has 0 bridgehead atoms. The topological polar surface area (TPSA) is 49.4 Å². The molecule has 1 aliphatic heterocycles. The van der Waals surface area contributed by atoms with Crippen LogP contribution in [-0.2, 0) is 9.59 Å². The molecule has 3 rings (SSSR count). The SMILES string of the molecule is Cc1c(F)cc(NC2=CC(=O)N(c3cc(F)c(F)c(F)c3)C2=O)cc1F. The first-order chi connectivity index (χ1) is 12.2. The van der Waals surface area contributed by atoms with Gasteiger partial charge >= 0.3 is 0 Å². The molecule has 0 atom stereocenters. The zero-order chi connectivity index (χ0) is 19.2. The summed E-state index contributed by atoms with van der Waals surface area (Å²) in [5, 5.41) is 2.38. The highest BCUT2D eigenvalue weighted by Crippen LogP contribution is 2.27. The fourth-order valence-corrected chi connectivity index (χ4v) is 2.35. The van der Waals surface area contributed by atoms with Crippen LogP contribution in [0.3, 0.4) is 0 Å². The molecule has 26 heavy (non-hydrogen) atoms. The fraction of sp³-hybridized carbons (Fsp3) is 0.0588. The summed E-state index contributed by atoms with van der Waals surface area (Å²) in [6, 6.07) is 2.79. The summed E-state index contributed by atoms with van der Waals surface area (Å²) in [4.78, 5) is 24.7. The standard InChI is InChI=1S/C17H9F5N2O2/c1-7-10(18)2-8(3-11(7)19)23-14-6-15(25)24(17(14)26)9-4-12(20)16(22)13(21)5-9/h2-6,23H,1H3. The maximum Gasteiger partial charge on any atom is 0.281 e. The number of imide groups is 1. The zero-order valence-electron chi connectivity index (χ0n) is 13.0. The predicted octanol–water partition coefficient (Wildman–Crippen LogP) is 3.56. The molecule has 0 spiro atoms. The second-order valence-corrected chi connectivity index (χ2v) is 5.45. The molecule has 2 amide bonds. The molecule has 0 radical (unpaired) electrons. The van der Waals surface area contributed by atoms with Crippen molar-refractivity contribution in [1.82, 2.24) is 0 Å². The molecule has 134 valence electrons. The van der Waals surface area contributed by atoms with Crippen molar-refractivity contribution in [1.29, 1.82) is 0 Å². The summed E-state index contributed by atoms with van der Waals surface area (Å²) < 4.78 is 66.9. The van der Waals surface area contributed by atoms with Gasteiger partial charge in [0.25, 0.3) is 11.8 Å². The number of hydrogen-bond donors (Lipinski definition) is 1. The molecule has 4 nitrogen and oxygen atoms in total. The normalized spacial score (nSPS) is 14.1. The van der Waals surface area contributed by atoms with Crippen LogP contribution in [0.15, 0.2) is 36.0 Å². The van der Waals surface area contributed by atoms with E-state index in [2.05, 4.69) is 5.32 Å². The summed E-state index contributed by atoms with van der Waals surface area (Å²) in [5.74, 6) is -8.63. The molecule has 0 unspecified atom stereocenters. The first kappa shape index (κ1) is 17.6. The van der Waals surface area contributed by atoms with Gasteiger partial charge in [-0.05, 0) is 19.1 Å². The number of benzene rings is 2. The number of nitrogens with zero attached hydrogens (tertiary/aromatic N) is 1. The average Bonchev–Trinajstić information content (AvgIpc) is 2.83. The van der Waals surface area contributed by atoms with Crippen LogP contribution >= 0.6 is 0 Å². The molecule has 2 aromatic rings. The lowest BCUT2D eigenvalue weighted by Gasteiger charge is -2.16. The van der Waals surface area contributed by atoms with Crippen LogP contribution in [0.1, 0.15) is 5.56 Å². The lowest BCUT2D eigenvalue weighted by molar-refractivity contribution is -0.120. The minimum absolute atomic E-state index is 0.142. The van der Waals surface area contributed by atoms with E-state index in [9.17, 15) is 31.5 Å². The minimum atomic E-state index is -1.75. The van der Waals surface area contributed by atoms with Gasteiger partial charge < -0.3 is 5.32 Å². The minimum Gasteiger partial charge on any atom is -0.351 e. The van der Waals surface area contributed by atoms with E-state index in [0.29, 0.717) is 17.0 Å². The molecular weight excluding hydrogens is 359 g/mol. The molecule has 2 aromatic carbocycles. The van der Waals surface area contributed by atoms with Gasteiger partial charge in [0.05, 0.1) is 5.69 Å². The monoisotopic (exact) mass is 368 g/mol. The average molecular weight is 368 g/mol. The Balaban J connectivity index is 1.90. The summed E-state index contributed by atoms with van der Waals surface area (Å²) >= 11 is 0. The number of carbonyl (C=O) groups excluding carboxylic acids is 2. The largest absolute Gasteiger partial charge is 0.351 e. The highest BCUT2D eigenvalue weighted by Gasteiger charge is 2.34. The summed E-state index contributed by atoms with van der Waals surface area (Å²) in [7, 11) is 0. The number of halogens is 5. The summed E-state index contributed by atoms with van der Waals surface area (Å²) in [6.07, 6.45) is 0.789. The smallest absolute Gasteiger partial charge is 0.281 e. The zero-order valence-corrected chi connectivity index (χ0v) is 13.0. The summed E-state index contributed by atoms with van der Waals surface area (Å²) in [5.41, 5.74) is -1.26. The number of rotatable bonds is 3. The van der Waals surface area contributed by atoms with E-state index in [1.165, 1.54) is 6.92 Å². The fourth-order valence-electron chi connectivity index (χ4n) is 2.35. The van der Waals surface area contributed by atoms with Crippen LogP contribution in [0.2, 0.25) is 0 Å². The van der Waals surface area contributed by atoms with Crippen LogP contribution in [0.4, 0.5) is 33.3 Å². The lowest BCUT2D eigenvalue weighted by Crippen LogP contribution is -2.32. The molecule has 1 heterocycles. The van der Waals surface area contributed by atoms with Crippen molar-refractivity contribution in [2.24, 2.45) is 0 Å². The van der Waals surface area contributed by atoms with Gasteiger partial charge in [-0.2, -0.15) is 0 Å². The first-order valence-electron chi connectivity index (χ1n) is 7.16. The lowest BCUT2D eigenvalue weighted by atomic mass is 10.2. The second kappa shape index (κ2) is 6.25. The van der Waals surface area contributed by atoms with Crippen LogP contribution in [-0.4, -0.2) is 11.8 Å². The summed E-state index contributed by atoms with van der Waals surface area (Å²) in [6.45, 7) is 1.22. The maximum absolute atomic E-state index is 13.6. The van der Waals surface area contributed by atoms with Crippen molar-refractivity contribution in [3.8, 4) is 0 Å².